The lowest BCUT2D eigenvalue weighted by Crippen LogP contribution is -2.35. The molecule has 1 aromatic rings. The van der Waals surface area contributed by atoms with E-state index >= 15 is 0 Å². The third kappa shape index (κ3) is 6.61. The minimum atomic E-state index is -3.60. The van der Waals surface area contributed by atoms with Crippen LogP contribution >= 0.6 is 0 Å². The van der Waals surface area contributed by atoms with Crippen LogP contribution in [-0.4, -0.2) is 56.8 Å². The van der Waals surface area contributed by atoms with E-state index in [1.807, 2.05) is 31.2 Å². The highest BCUT2D eigenvalue weighted by Gasteiger charge is 2.27. The number of hydrogen-bond donors (Lipinski definition) is 3. The van der Waals surface area contributed by atoms with E-state index in [2.05, 4.69) is 5.32 Å². The summed E-state index contributed by atoms with van der Waals surface area (Å²) in [6.07, 6.45) is 5.51. The molecular formula is C23H33N3O5S. The number of aryl methyl sites for hydroxylation is 1. The Hall–Kier alpha value is -2.78. The van der Waals surface area contributed by atoms with Gasteiger partial charge in [-0.25, -0.2) is 8.42 Å². The summed E-state index contributed by atoms with van der Waals surface area (Å²) in [7, 11) is -2.03. The van der Waals surface area contributed by atoms with E-state index in [4.69, 9.17) is 15.6 Å². The predicted octanol–water partition coefficient (Wildman–Crippen LogP) is 1.88. The van der Waals surface area contributed by atoms with Gasteiger partial charge in [0.15, 0.2) is 0 Å². The van der Waals surface area contributed by atoms with E-state index in [0.717, 1.165) is 21.7 Å². The molecule has 0 radical (unpaired) electrons. The molecule has 9 heteroatoms. The van der Waals surface area contributed by atoms with E-state index in [9.17, 15) is 13.2 Å². The normalized spacial score (nSPS) is 18.5. The quantitative estimate of drug-likeness (QED) is 0.481. The summed E-state index contributed by atoms with van der Waals surface area (Å²) < 4.78 is 31.5. The Balaban J connectivity index is 2.41. The van der Waals surface area contributed by atoms with Crippen LogP contribution in [0.3, 0.4) is 0 Å². The third-order valence-electron chi connectivity index (χ3n) is 5.22. The van der Waals surface area contributed by atoms with Gasteiger partial charge in [0.1, 0.15) is 18.2 Å². The Bertz CT molecular complexity index is 1010. The standard InChI is InChI=1S/C23H33N3O5S/c1-16-7-9-18(10-8-16)21-14-20(23(28)25-3)19(15-31-21)13-17(2)22(24)26(32(4,29)30)11-5-6-12-27/h7-10,13-14,20,27H,5-6,11-12,15,24H2,1-4H3,(H,25,28)/b19-13+,22-17+. The molecule has 4 N–H and O–H groups in total. The molecule has 8 nitrogen and oxygen atoms in total. The first-order valence-corrected chi connectivity index (χ1v) is 12.3. The maximum absolute atomic E-state index is 12.6. The van der Waals surface area contributed by atoms with Crippen molar-refractivity contribution in [3.05, 3.63) is 64.5 Å². The van der Waals surface area contributed by atoms with Gasteiger partial charge in [0.25, 0.3) is 0 Å². The van der Waals surface area contributed by atoms with E-state index in [0.29, 0.717) is 29.7 Å². The Kier molecular flexibility index (Phi) is 8.91. The molecule has 0 saturated heterocycles. The van der Waals surface area contributed by atoms with Crippen molar-refractivity contribution in [1.29, 1.82) is 0 Å². The Morgan fingerprint density at radius 3 is 2.53 bits per heavy atom. The van der Waals surface area contributed by atoms with E-state index < -0.39 is 15.9 Å². The van der Waals surface area contributed by atoms with Crippen LogP contribution in [0, 0.1) is 12.8 Å². The number of amides is 1. The molecule has 176 valence electrons. The number of nitrogens with one attached hydrogen (secondary N) is 1. The monoisotopic (exact) mass is 463 g/mol. The van der Waals surface area contributed by atoms with Crippen molar-refractivity contribution in [3.8, 4) is 0 Å². The number of aliphatic hydroxyl groups excluding tert-OH is 1. The largest absolute Gasteiger partial charge is 0.489 e. The summed E-state index contributed by atoms with van der Waals surface area (Å²) >= 11 is 0. The molecule has 32 heavy (non-hydrogen) atoms. The highest BCUT2D eigenvalue weighted by atomic mass is 32.2. The molecule has 0 saturated carbocycles. The molecule has 1 unspecified atom stereocenters. The Labute approximate surface area is 190 Å². The smallest absolute Gasteiger partial charge is 0.233 e. The van der Waals surface area contributed by atoms with Gasteiger partial charge in [0, 0.05) is 25.8 Å². The molecule has 1 amide bonds. The fourth-order valence-corrected chi connectivity index (χ4v) is 4.33. The van der Waals surface area contributed by atoms with Crippen LogP contribution in [0.2, 0.25) is 0 Å². The Morgan fingerprint density at radius 1 is 1.31 bits per heavy atom. The van der Waals surface area contributed by atoms with Crippen molar-refractivity contribution in [2.45, 2.75) is 26.7 Å². The summed E-state index contributed by atoms with van der Waals surface area (Å²) in [6.45, 7) is 4.01. The van der Waals surface area contributed by atoms with E-state index in [-0.39, 0.29) is 31.5 Å². The number of carbonyl (C=O) groups excluding carboxylic acids is 1. The van der Waals surface area contributed by atoms with Gasteiger partial charge in [-0.2, -0.15) is 0 Å². The molecule has 0 aliphatic carbocycles. The summed E-state index contributed by atoms with van der Waals surface area (Å²) in [5.41, 5.74) is 9.38. The molecule has 0 spiro atoms. The summed E-state index contributed by atoms with van der Waals surface area (Å²) in [6, 6.07) is 7.83. The SMILES string of the molecule is CNC(=O)C1C=C(c2ccc(C)cc2)OC/C1=C\C(C)=C(/N)N(CCCCO)S(C)(=O)=O. The lowest BCUT2D eigenvalue weighted by molar-refractivity contribution is -0.122. The number of nitrogens with two attached hydrogens (primary N) is 1. The van der Waals surface area contributed by atoms with Gasteiger partial charge < -0.3 is 20.9 Å². The van der Waals surface area contributed by atoms with E-state index in [1.165, 1.54) is 0 Å². The average Bonchev–Trinajstić information content (AvgIpc) is 2.75. The number of ether oxygens (including phenoxy) is 1. The molecule has 0 fully saturated rings. The third-order valence-corrected chi connectivity index (χ3v) is 6.40. The number of sulfonamides is 1. The fourth-order valence-electron chi connectivity index (χ4n) is 3.37. The van der Waals surface area contributed by atoms with Crippen LogP contribution in [0.4, 0.5) is 0 Å². The van der Waals surface area contributed by atoms with Gasteiger partial charge in [-0.3, -0.25) is 9.10 Å². The second-order valence-electron chi connectivity index (χ2n) is 7.83. The molecule has 1 aliphatic heterocycles. The van der Waals surface area contributed by atoms with Crippen LogP contribution in [0.15, 0.2) is 53.4 Å². The number of carbonyl (C=O) groups is 1. The van der Waals surface area contributed by atoms with Crippen LogP contribution in [0.5, 0.6) is 0 Å². The Morgan fingerprint density at radius 2 is 1.97 bits per heavy atom. The topological polar surface area (TPSA) is 122 Å². The van der Waals surface area contributed by atoms with Crippen LogP contribution in [0.1, 0.15) is 30.9 Å². The maximum Gasteiger partial charge on any atom is 0.233 e. The number of allylic oxidation sites excluding steroid dienone is 2. The first kappa shape index (κ1) is 25.5. The van der Waals surface area contributed by atoms with Crippen LogP contribution < -0.4 is 11.1 Å². The number of rotatable bonds is 9. The van der Waals surface area contributed by atoms with Crippen LogP contribution in [0.25, 0.3) is 5.76 Å². The zero-order chi connectivity index (χ0) is 23.9. The highest BCUT2D eigenvalue weighted by Crippen LogP contribution is 2.30. The number of aliphatic hydroxyl groups is 1. The van der Waals surface area contributed by atoms with Gasteiger partial charge in [-0.05, 0) is 43.9 Å². The first-order valence-electron chi connectivity index (χ1n) is 10.5. The number of hydrogen-bond acceptors (Lipinski definition) is 6. The minimum Gasteiger partial charge on any atom is -0.489 e. The van der Waals surface area contributed by atoms with Crippen molar-refractivity contribution >= 4 is 21.7 Å². The van der Waals surface area contributed by atoms with Gasteiger partial charge in [0.05, 0.1) is 12.2 Å². The summed E-state index contributed by atoms with van der Waals surface area (Å²) in [4.78, 5) is 12.6. The molecule has 1 atom stereocenters. The summed E-state index contributed by atoms with van der Waals surface area (Å²) in [5.74, 6) is -0.0682. The van der Waals surface area contributed by atoms with Gasteiger partial charge in [-0.1, -0.05) is 35.9 Å². The van der Waals surface area contributed by atoms with Crippen molar-refractivity contribution in [2.75, 3.05) is 33.1 Å². The molecule has 0 bridgehead atoms. The highest BCUT2D eigenvalue weighted by molar-refractivity contribution is 7.88. The summed E-state index contributed by atoms with van der Waals surface area (Å²) in [5, 5.41) is 11.7. The average molecular weight is 464 g/mol. The van der Waals surface area contributed by atoms with Crippen molar-refractivity contribution in [3.63, 3.8) is 0 Å². The molecule has 2 rings (SSSR count). The molecule has 1 aromatic carbocycles. The van der Waals surface area contributed by atoms with Crippen molar-refractivity contribution in [1.82, 2.24) is 9.62 Å². The predicted molar refractivity (Wildman–Crippen MR) is 126 cm³/mol. The van der Waals surface area contributed by atoms with Gasteiger partial charge >= 0.3 is 0 Å². The van der Waals surface area contributed by atoms with Crippen LogP contribution in [-0.2, 0) is 19.6 Å². The first-order chi connectivity index (χ1) is 15.1. The second-order valence-corrected chi connectivity index (χ2v) is 9.74. The zero-order valence-corrected chi connectivity index (χ0v) is 19.9. The van der Waals surface area contributed by atoms with Gasteiger partial charge in [0.2, 0.25) is 15.9 Å². The maximum atomic E-state index is 12.6. The lowest BCUT2D eigenvalue weighted by atomic mass is 9.92. The van der Waals surface area contributed by atoms with Gasteiger partial charge in [-0.15, -0.1) is 0 Å². The number of benzene rings is 1. The second kappa shape index (κ2) is 11.2. The fraction of sp³-hybridized carbons (Fsp3) is 0.435. The lowest BCUT2D eigenvalue weighted by Gasteiger charge is -2.26. The molecule has 1 heterocycles. The molecule has 0 aromatic heterocycles. The number of nitrogens with zero attached hydrogens (tertiary/aromatic N) is 1. The number of unbranched alkanes of at least 4 members (excludes halogenated alkanes) is 1. The minimum absolute atomic E-state index is 0.0228. The van der Waals surface area contributed by atoms with Crippen molar-refractivity contribution < 1.29 is 23.1 Å². The molecule has 1 aliphatic rings. The van der Waals surface area contributed by atoms with Crippen molar-refractivity contribution in [2.24, 2.45) is 11.7 Å². The molecular weight excluding hydrogens is 430 g/mol. The zero-order valence-electron chi connectivity index (χ0n) is 19.1. The van der Waals surface area contributed by atoms with E-state index in [1.54, 1.807) is 26.1 Å².